The fraction of sp³-hybridized carbons (Fsp3) is 0.368. The van der Waals surface area contributed by atoms with Crippen LogP contribution in [0.1, 0.15) is 12.5 Å². The van der Waals surface area contributed by atoms with Crippen molar-refractivity contribution < 1.29 is 14.2 Å². The lowest BCUT2D eigenvalue weighted by Gasteiger charge is -2.12. The lowest BCUT2D eigenvalue weighted by molar-refractivity contribution is 0.321. The first-order valence-corrected chi connectivity index (χ1v) is 8.53. The number of rotatable bonds is 9. The first kappa shape index (κ1) is 19.4. The summed E-state index contributed by atoms with van der Waals surface area (Å²) in [5, 5.41) is 6.46. The minimum Gasteiger partial charge on any atom is -0.497 e. The fourth-order valence-corrected chi connectivity index (χ4v) is 2.24. The van der Waals surface area contributed by atoms with Crippen molar-refractivity contribution in [3.63, 3.8) is 0 Å². The molecule has 0 unspecified atom stereocenters. The Morgan fingerprint density at radius 3 is 2.50 bits per heavy atom. The molecule has 0 saturated heterocycles. The third-order valence-electron chi connectivity index (χ3n) is 3.52. The second-order valence-corrected chi connectivity index (χ2v) is 5.32. The Morgan fingerprint density at radius 1 is 1.04 bits per heavy atom. The van der Waals surface area contributed by atoms with Crippen LogP contribution in [-0.4, -0.2) is 44.9 Å². The summed E-state index contributed by atoms with van der Waals surface area (Å²) in [5.41, 5.74) is 0.932. The van der Waals surface area contributed by atoms with E-state index < -0.39 is 0 Å². The molecule has 140 valence electrons. The number of hydrogen-bond donors (Lipinski definition) is 2. The molecule has 0 fully saturated rings. The average Bonchev–Trinajstić information content (AvgIpc) is 2.69. The van der Waals surface area contributed by atoms with E-state index in [0.29, 0.717) is 25.6 Å². The van der Waals surface area contributed by atoms with Gasteiger partial charge in [-0.15, -0.1) is 0 Å². The van der Waals surface area contributed by atoms with E-state index >= 15 is 0 Å². The maximum absolute atomic E-state index is 5.70. The predicted molar refractivity (Wildman–Crippen MR) is 102 cm³/mol. The van der Waals surface area contributed by atoms with E-state index in [1.165, 1.54) is 0 Å². The largest absolute Gasteiger partial charge is 0.497 e. The monoisotopic (exact) mass is 358 g/mol. The Morgan fingerprint density at radius 2 is 1.81 bits per heavy atom. The Bertz CT molecular complexity index is 689. The number of ether oxygens (including phenoxy) is 3. The fourth-order valence-electron chi connectivity index (χ4n) is 2.24. The Hall–Kier alpha value is -2.96. The highest BCUT2D eigenvalue weighted by Crippen LogP contribution is 2.16. The van der Waals surface area contributed by atoms with Gasteiger partial charge in [0.15, 0.2) is 5.96 Å². The van der Waals surface area contributed by atoms with Gasteiger partial charge in [-0.2, -0.15) is 0 Å². The normalized spacial score (nSPS) is 11.0. The van der Waals surface area contributed by atoms with Gasteiger partial charge in [0, 0.05) is 18.3 Å². The van der Waals surface area contributed by atoms with Crippen molar-refractivity contribution in [2.45, 2.75) is 13.5 Å². The van der Waals surface area contributed by atoms with Gasteiger partial charge in [-0.3, -0.25) is 0 Å². The van der Waals surface area contributed by atoms with Crippen molar-refractivity contribution in [2.24, 2.45) is 4.99 Å². The lowest BCUT2D eigenvalue weighted by Crippen LogP contribution is -2.39. The molecule has 0 spiro atoms. The van der Waals surface area contributed by atoms with E-state index in [9.17, 15) is 0 Å². The van der Waals surface area contributed by atoms with Gasteiger partial charge in [-0.1, -0.05) is 6.07 Å². The van der Waals surface area contributed by atoms with E-state index in [4.69, 9.17) is 14.2 Å². The predicted octanol–water partition coefficient (Wildman–Crippen LogP) is 2.23. The first-order chi connectivity index (χ1) is 12.8. The molecule has 0 aliphatic heterocycles. The van der Waals surface area contributed by atoms with Gasteiger partial charge in [-0.25, -0.2) is 9.98 Å². The van der Waals surface area contributed by atoms with Gasteiger partial charge in [-0.05, 0) is 37.3 Å². The van der Waals surface area contributed by atoms with E-state index in [1.54, 1.807) is 20.4 Å². The number of benzene rings is 1. The van der Waals surface area contributed by atoms with Crippen LogP contribution in [0.15, 0.2) is 47.6 Å². The number of methoxy groups -OCH3 is 2. The molecular weight excluding hydrogens is 332 g/mol. The highest BCUT2D eigenvalue weighted by atomic mass is 16.5. The molecule has 0 bridgehead atoms. The van der Waals surface area contributed by atoms with E-state index in [1.807, 2.05) is 43.3 Å². The van der Waals surface area contributed by atoms with Crippen LogP contribution in [0.4, 0.5) is 0 Å². The standard InChI is InChI=1S/C19H26N4O3/c1-4-20-19(23-14-15-6-5-11-21-18(15)25-3)22-12-13-26-17-9-7-16(24-2)8-10-17/h5-11H,4,12-14H2,1-3H3,(H2,20,22,23). The molecule has 0 aliphatic carbocycles. The molecule has 0 saturated carbocycles. The molecule has 7 nitrogen and oxygen atoms in total. The molecule has 2 N–H and O–H groups in total. The zero-order valence-electron chi connectivity index (χ0n) is 15.5. The summed E-state index contributed by atoms with van der Waals surface area (Å²) in [5.74, 6) is 2.92. The second-order valence-electron chi connectivity index (χ2n) is 5.32. The molecule has 0 aliphatic rings. The number of nitrogens with one attached hydrogen (secondary N) is 2. The number of pyridine rings is 1. The molecule has 7 heteroatoms. The Balaban J connectivity index is 1.83. The van der Waals surface area contributed by atoms with Crippen LogP contribution < -0.4 is 24.8 Å². The highest BCUT2D eigenvalue weighted by molar-refractivity contribution is 5.79. The molecule has 0 radical (unpaired) electrons. The highest BCUT2D eigenvalue weighted by Gasteiger charge is 2.03. The number of guanidine groups is 1. The lowest BCUT2D eigenvalue weighted by atomic mass is 10.3. The van der Waals surface area contributed by atoms with Crippen molar-refractivity contribution in [3.05, 3.63) is 48.2 Å². The molecule has 2 aromatic rings. The summed E-state index contributed by atoms with van der Waals surface area (Å²) in [6.45, 7) is 4.42. The maximum Gasteiger partial charge on any atom is 0.218 e. The van der Waals surface area contributed by atoms with Gasteiger partial charge < -0.3 is 24.8 Å². The second kappa shape index (κ2) is 10.8. The minimum absolute atomic E-state index is 0.478. The first-order valence-electron chi connectivity index (χ1n) is 8.53. The van der Waals surface area contributed by atoms with Crippen molar-refractivity contribution in [2.75, 3.05) is 33.9 Å². The summed E-state index contributed by atoms with van der Waals surface area (Å²) in [7, 11) is 3.25. The molecule has 1 aromatic carbocycles. The van der Waals surface area contributed by atoms with E-state index in [-0.39, 0.29) is 0 Å². The summed E-state index contributed by atoms with van der Waals surface area (Å²) in [4.78, 5) is 8.74. The average molecular weight is 358 g/mol. The van der Waals surface area contributed by atoms with Gasteiger partial charge in [0.25, 0.3) is 0 Å². The SMILES string of the molecule is CCNC(=NCc1cccnc1OC)NCCOc1ccc(OC)cc1. The third kappa shape index (κ3) is 6.16. The number of nitrogens with zero attached hydrogens (tertiary/aromatic N) is 2. The van der Waals surface area contributed by atoms with E-state index in [0.717, 1.165) is 29.6 Å². The van der Waals surface area contributed by atoms with Crippen molar-refractivity contribution in [1.29, 1.82) is 0 Å². The molecule has 1 heterocycles. The van der Waals surface area contributed by atoms with Gasteiger partial charge >= 0.3 is 0 Å². The topological polar surface area (TPSA) is 77.0 Å². The molecule has 0 atom stereocenters. The van der Waals surface area contributed by atoms with Crippen LogP contribution in [0.2, 0.25) is 0 Å². The smallest absolute Gasteiger partial charge is 0.218 e. The van der Waals surface area contributed by atoms with Gasteiger partial charge in [0.1, 0.15) is 18.1 Å². The van der Waals surface area contributed by atoms with Crippen molar-refractivity contribution in [3.8, 4) is 17.4 Å². The molecule has 0 amide bonds. The number of hydrogen-bond acceptors (Lipinski definition) is 5. The van der Waals surface area contributed by atoms with Gasteiger partial charge in [0.05, 0.1) is 27.3 Å². The van der Waals surface area contributed by atoms with Crippen LogP contribution in [0.3, 0.4) is 0 Å². The van der Waals surface area contributed by atoms with Crippen LogP contribution in [-0.2, 0) is 6.54 Å². The van der Waals surface area contributed by atoms with Crippen LogP contribution in [0.25, 0.3) is 0 Å². The van der Waals surface area contributed by atoms with Crippen LogP contribution in [0.5, 0.6) is 17.4 Å². The van der Waals surface area contributed by atoms with Crippen molar-refractivity contribution in [1.82, 2.24) is 15.6 Å². The van der Waals surface area contributed by atoms with E-state index in [2.05, 4.69) is 20.6 Å². The molecule has 1 aromatic heterocycles. The quantitative estimate of drug-likeness (QED) is 0.407. The molecule has 26 heavy (non-hydrogen) atoms. The zero-order valence-corrected chi connectivity index (χ0v) is 15.5. The number of aliphatic imine (C=N–C) groups is 1. The molecular formula is C19H26N4O3. The van der Waals surface area contributed by atoms with Crippen LogP contribution >= 0.6 is 0 Å². The summed E-state index contributed by atoms with van der Waals surface area (Å²) >= 11 is 0. The summed E-state index contributed by atoms with van der Waals surface area (Å²) in [6, 6.07) is 11.3. The Kier molecular flexibility index (Phi) is 8.05. The molecule has 2 rings (SSSR count). The van der Waals surface area contributed by atoms with Crippen molar-refractivity contribution >= 4 is 5.96 Å². The minimum atomic E-state index is 0.478. The third-order valence-corrected chi connectivity index (χ3v) is 3.52. The van der Waals surface area contributed by atoms with Crippen LogP contribution in [0, 0.1) is 0 Å². The number of aromatic nitrogens is 1. The summed E-state index contributed by atoms with van der Waals surface area (Å²) < 4.78 is 16.1. The maximum atomic E-state index is 5.70. The zero-order chi connectivity index (χ0) is 18.6. The van der Waals surface area contributed by atoms with Gasteiger partial charge in [0.2, 0.25) is 5.88 Å². The Labute approximate surface area is 154 Å². The summed E-state index contributed by atoms with van der Waals surface area (Å²) in [6.07, 6.45) is 1.70.